The van der Waals surface area contributed by atoms with E-state index < -0.39 is 36.2 Å². The first-order valence-electron chi connectivity index (χ1n) is 5.90. The lowest BCUT2D eigenvalue weighted by molar-refractivity contribution is -0.147. The molecular weight excluding hydrogens is 256 g/mol. The summed E-state index contributed by atoms with van der Waals surface area (Å²) < 4.78 is 9.29. The zero-order valence-corrected chi connectivity index (χ0v) is 11.3. The number of nitrogens with one attached hydrogen (secondary N) is 1. The van der Waals surface area contributed by atoms with Gasteiger partial charge in [-0.05, 0) is 13.8 Å². The van der Waals surface area contributed by atoms with E-state index in [1.807, 2.05) is 0 Å². The van der Waals surface area contributed by atoms with E-state index in [2.05, 4.69) is 10.1 Å². The van der Waals surface area contributed by atoms with Crippen LogP contribution < -0.4 is 11.1 Å². The Bertz CT molecular complexity index is 295. The Kier molecular flexibility index (Phi) is 8.24. The number of esters is 2. The van der Waals surface area contributed by atoms with E-state index in [4.69, 9.17) is 15.6 Å². The van der Waals surface area contributed by atoms with Crippen molar-refractivity contribution in [1.29, 1.82) is 0 Å². The van der Waals surface area contributed by atoms with Gasteiger partial charge in [-0.1, -0.05) is 0 Å². The van der Waals surface area contributed by atoms with Gasteiger partial charge in [-0.15, -0.1) is 0 Å². The molecule has 0 aromatic heterocycles. The highest BCUT2D eigenvalue weighted by Gasteiger charge is 2.24. The van der Waals surface area contributed by atoms with E-state index in [0.717, 1.165) is 0 Å². The highest BCUT2D eigenvalue weighted by Crippen LogP contribution is 1.96. The summed E-state index contributed by atoms with van der Waals surface area (Å²) >= 11 is 0. The van der Waals surface area contributed by atoms with Crippen LogP contribution in [0.15, 0.2) is 0 Å². The minimum atomic E-state index is -1.10. The minimum Gasteiger partial charge on any atom is -0.468 e. The molecule has 0 heterocycles. The van der Waals surface area contributed by atoms with Gasteiger partial charge in [-0.3, -0.25) is 14.9 Å². The summed E-state index contributed by atoms with van der Waals surface area (Å²) in [6.07, 6.45) is -1.94. The van der Waals surface area contributed by atoms with Gasteiger partial charge in [0.25, 0.3) is 0 Å². The second-order valence-electron chi connectivity index (χ2n) is 4.13. The molecule has 0 radical (unpaired) electrons. The van der Waals surface area contributed by atoms with E-state index >= 15 is 0 Å². The third kappa shape index (κ3) is 6.48. The minimum absolute atomic E-state index is 0.0422. The van der Waals surface area contributed by atoms with Crippen molar-refractivity contribution >= 4 is 11.9 Å². The zero-order valence-electron chi connectivity index (χ0n) is 11.3. The zero-order chi connectivity index (χ0) is 15.0. The first-order chi connectivity index (χ1) is 8.81. The fourth-order valence-electron chi connectivity index (χ4n) is 1.24. The summed E-state index contributed by atoms with van der Waals surface area (Å²) in [6.45, 7) is 2.91. The molecule has 0 saturated carbocycles. The Morgan fingerprint density at radius 1 is 1.21 bits per heavy atom. The number of nitrogens with two attached hydrogens (primary N) is 1. The van der Waals surface area contributed by atoms with Crippen LogP contribution in [0.25, 0.3) is 0 Å². The predicted molar refractivity (Wildman–Crippen MR) is 66.1 cm³/mol. The molecule has 0 aliphatic rings. The predicted octanol–water partition coefficient (Wildman–Crippen LogP) is -2.25. The highest BCUT2D eigenvalue weighted by molar-refractivity contribution is 5.76. The van der Waals surface area contributed by atoms with Crippen LogP contribution in [0.5, 0.6) is 0 Å². The number of rotatable bonds is 8. The van der Waals surface area contributed by atoms with Gasteiger partial charge in [-0.25, -0.2) is 0 Å². The Hall–Kier alpha value is -1.22. The smallest absolute Gasteiger partial charge is 0.325 e. The van der Waals surface area contributed by atoms with Crippen LogP contribution in [0.3, 0.4) is 0 Å². The number of methoxy groups -OCH3 is 1. The monoisotopic (exact) mass is 278 g/mol. The molecule has 0 aliphatic heterocycles. The molecule has 4 atom stereocenters. The van der Waals surface area contributed by atoms with Crippen molar-refractivity contribution in [2.24, 2.45) is 5.73 Å². The number of hydrogen-bond donors (Lipinski definition) is 4. The lowest BCUT2D eigenvalue weighted by atomic mass is 10.2. The lowest BCUT2D eigenvalue weighted by Crippen LogP contribution is -2.47. The van der Waals surface area contributed by atoms with Crippen LogP contribution in [-0.2, 0) is 19.1 Å². The summed E-state index contributed by atoms with van der Waals surface area (Å²) in [6, 6.07) is -2.00. The van der Waals surface area contributed by atoms with Gasteiger partial charge >= 0.3 is 11.9 Å². The maximum Gasteiger partial charge on any atom is 0.325 e. The van der Waals surface area contributed by atoms with Crippen molar-refractivity contribution in [3.8, 4) is 0 Å². The van der Waals surface area contributed by atoms with Gasteiger partial charge in [0.1, 0.15) is 18.7 Å². The van der Waals surface area contributed by atoms with Crippen LogP contribution in [0.2, 0.25) is 0 Å². The lowest BCUT2D eigenvalue weighted by Gasteiger charge is -2.19. The second kappa shape index (κ2) is 8.81. The maximum atomic E-state index is 11.3. The van der Waals surface area contributed by atoms with Crippen molar-refractivity contribution < 1.29 is 29.3 Å². The number of aliphatic hydroxyl groups excluding tert-OH is 2. The molecule has 0 bridgehead atoms. The SMILES string of the molecule is COC(=O)[C@@H](NCCOC(=O)[C@@H](N)[C@@H](C)O)[C@@H](C)O. The maximum absolute atomic E-state index is 11.3. The molecule has 0 aromatic rings. The Morgan fingerprint density at radius 2 is 1.79 bits per heavy atom. The highest BCUT2D eigenvalue weighted by atomic mass is 16.5. The van der Waals surface area contributed by atoms with Gasteiger partial charge in [0.05, 0.1) is 19.3 Å². The van der Waals surface area contributed by atoms with Gasteiger partial charge in [0, 0.05) is 6.54 Å². The van der Waals surface area contributed by atoms with Crippen LogP contribution in [0, 0.1) is 0 Å². The Balaban J connectivity index is 4.02. The van der Waals surface area contributed by atoms with Gasteiger partial charge < -0.3 is 25.4 Å². The fraction of sp³-hybridized carbons (Fsp3) is 0.818. The largest absolute Gasteiger partial charge is 0.468 e. The number of ether oxygens (including phenoxy) is 2. The molecule has 0 saturated heterocycles. The molecule has 112 valence electrons. The van der Waals surface area contributed by atoms with Crippen molar-refractivity contribution in [3.05, 3.63) is 0 Å². The molecule has 0 aliphatic carbocycles. The molecule has 0 aromatic carbocycles. The van der Waals surface area contributed by atoms with Gasteiger partial charge in [-0.2, -0.15) is 0 Å². The summed E-state index contributed by atoms with van der Waals surface area (Å²) in [5.74, 6) is -1.34. The topological polar surface area (TPSA) is 131 Å². The van der Waals surface area contributed by atoms with Crippen LogP contribution in [-0.4, -0.2) is 66.7 Å². The third-order valence-electron chi connectivity index (χ3n) is 2.44. The van der Waals surface area contributed by atoms with E-state index in [9.17, 15) is 14.7 Å². The van der Waals surface area contributed by atoms with Crippen molar-refractivity contribution in [1.82, 2.24) is 5.32 Å². The second-order valence-corrected chi connectivity index (χ2v) is 4.13. The molecule has 8 heteroatoms. The van der Waals surface area contributed by atoms with Gasteiger partial charge in [0.15, 0.2) is 0 Å². The number of aliphatic hydroxyl groups is 2. The summed E-state index contributed by atoms with van der Waals surface area (Å²) in [5, 5.41) is 21.1. The third-order valence-corrected chi connectivity index (χ3v) is 2.44. The quantitative estimate of drug-likeness (QED) is 0.289. The molecule has 5 N–H and O–H groups in total. The van der Waals surface area contributed by atoms with Crippen molar-refractivity contribution in [2.75, 3.05) is 20.3 Å². The number of carbonyl (C=O) groups excluding carboxylic acids is 2. The van der Waals surface area contributed by atoms with E-state index in [1.165, 1.54) is 21.0 Å². The van der Waals surface area contributed by atoms with Crippen LogP contribution in [0.1, 0.15) is 13.8 Å². The van der Waals surface area contributed by atoms with E-state index in [1.54, 1.807) is 0 Å². The molecule has 8 nitrogen and oxygen atoms in total. The van der Waals surface area contributed by atoms with Crippen LogP contribution in [0.4, 0.5) is 0 Å². The molecule has 0 unspecified atom stereocenters. The summed E-state index contributed by atoms with van der Waals surface area (Å²) in [7, 11) is 1.21. The first-order valence-corrected chi connectivity index (χ1v) is 5.90. The number of carbonyl (C=O) groups is 2. The normalized spacial score (nSPS) is 17.2. The van der Waals surface area contributed by atoms with Gasteiger partial charge in [0.2, 0.25) is 0 Å². The molecule has 0 fully saturated rings. The van der Waals surface area contributed by atoms with Crippen LogP contribution >= 0.6 is 0 Å². The van der Waals surface area contributed by atoms with E-state index in [-0.39, 0.29) is 13.2 Å². The Labute approximate surface area is 111 Å². The van der Waals surface area contributed by atoms with E-state index in [0.29, 0.717) is 0 Å². The first kappa shape index (κ1) is 17.8. The van der Waals surface area contributed by atoms with Crippen molar-refractivity contribution in [2.45, 2.75) is 38.1 Å². The van der Waals surface area contributed by atoms with Crippen molar-refractivity contribution in [3.63, 3.8) is 0 Å². The fourth-order valence-corrected chi connectivity index (χ4v) is 1.24. The average molecular weight is 278 g/mol. The molecular formula is C11H22N2O6. The average Bonchev–Trinajstić information content (AvgIpc) is 2.35. The summed E-state index contributed by atoms with van der Waals surface area (Å²) in [5.41, 5.74) is 5.36. The molecule has 0 amide bonds. The number of hydrogen-bond acceptors (Lipinski definition) is 8. The Morgan fingerprint density at radius 3 is 2.21 bits per heavy atom. The molecule has 0 spiro atoms. The molecule has 19 heavy (non-hydrogen) atoms. The summed E-state index contributed by atoms with van der Waals surface area (Å²) in [4.78, 5) is 22.6. The standard InChI is InChI=1S/C11H22N2O6/c1-6(14)8(12)10(16)19-5-4-13-9(7(2)15)11(17)18-3/h6-9,13-15H,4-5,12H2,1-3H3/t6-,7-,8+,9+/m1/s1. The molecule has 0 rings (SSSR count).